The van der Waals surface area contributed by atoms with Crippen LogP contribution < -0.4 is 5.32 Å². The largest absolute Gasteiger partial charge is 0.317 e. The van der Waals surface area contributed by atoms with E-state index in [1.807, 2.05) is 0 Å². The quantitative estimate of drug-likeness (QED) is 0.845. The van der Waals surface area contributed by atoms with E-state index in [9.17, 15) is 12.8 Å². The molecule has 1 aromatic carbocycles. The van der Waals surface area contributed by atoms with Crippen LogP contribution in [0.25, 0.3) is 0 Å². The summed E-state index contributed by atoms with van der Waals surface area (Å²) in [7, 11) is -0.642. The Morgan fingerprint density at radius 2 is 1.91 bits per heavy atom. The lowest BCUT2D eigenvalue weighted by molar-refractivity contribution is 0.276. The van der Waals surface area contributed by atoms with Crippen LogP contribution in [0.2, 0.25) is 5.02 Å². The Morgan fingerprint density at radius 1 is 1.30 bits per heavy atom. The van der Waals surface area contributed by atoms with Crippen molar-refractivity contribution in [2.45, 2.75) is 25.4 Å². The number of piperidine rings is 1. The van der Waals surface area contributed by atoms with Gasteiger partial charge in [0.25, 0.3) is 10.2 Å². The van der Waals surface area contributed by atoms with Gasteiger partial charge in [0, 0.05) is 37.3 Å². The summed E-state index contributed by atoms with van der Waals surface area (Å²) < 4.78 is 41.6. The van der Waals surface area contributed by atoms with Gasteiger partial charge in [-0.3, -0.25) is 0 Å². The van der Waals surface area contributed by atoms with Crippen LogP contribution in [0, 0.1) is 5.82 Å². The first kappa shape index (κ1) is 20.6. The maximum absolute atomic E-state index is 13.8. The molecular weight excluding hydrogens is 364 g/mol. The number of nitrogens with zero attached hydrogens (tertiary/aromatic N) is 2. The third-order valence-electron chi connectivity index (χ3n) is 4.02. The van der Waals surface area contributed by atoms with Crippen LogP contribution >= 0.6 is 24.0 Å². The number of nitrogens with one attached hydrogen (secondary N) is 1. The van der Waals surface area contributed by atoms with Crippen molar-refractivity contribution in [1.82, 2.24) is 13.9 Å². The van der Waals surface area contributed by atoms with E-state index < -0.39 is 16.0 Å². The third kappa shape index (κ3) is 4.78. The van der Waals surface area contributed by atoms with Gasteiger partial charge in [-0.05, 0) is 38.1 Å². The fraction of sp³-hybridized carbons (Fsp3) is 0.571. The molecule has 0 unspecified atom stereocenters. The lowest BCUT2D eigenvalue weighted by Gasteiger charge is -2.33. The second kappa shape index (κ2) is 8.60. The molecule has 0 aromatic heterocycles. The third-order valence-corrected chi connectivity index (χ3v) is 6.32. The highest BCUT2D eigenvalue weighted by Crippen LogP contribution is 2.23. The fourth-order valence-corrected chi connectivity index (χ4v) is 4.11. The van der Waals surface area contributed by atoms with Crippen molar-refractivity contribution in [1.29, 1.82) is 0 Å². The summed E-state index contributed by atoms with van der Waals surface area (Å²) >= 11 is 5.97. The van der Waals surface area contributed by atoms with Gasteiger partial charge in [0.2, 0.25) is 0 Å². The number of halogens is 3. The van der Waals surface area contributed by atoms with Crippen molar-refractivity contribution in [2.24, 2.45) is 0 Å². The lowest BCUT2D eigenvalue weighted by atomic mass is 10.1. The van der Waals surface area contributed by atoms with Gasteiger partial charge in [-0.15, -0.1) is 12.4 Å². The van der Waals surface area contributed by atoms with E-state index in [1.165, 1.54) is 23.5 Å². The van der Waals surface area contributed by atoms with Gasteiger partial charge in [-0.25, -0.2) is 4.39 Å². The molecule has 0 amide bonds. The lowest BCUT2D eigenvalue weighted by Crippen LogP contribution is -2.48. The predicted molar refractivity (Wildman–Crippen MR) is 92.7 cm³/mol. The minimum Gasteiger partial charge on any atom is -0.317 e. The molecular formula is C14H22Cl2FN3O2S. The smallest absolute Gasteiger partial charge is 0.282 e. The van der Waals surface area contributed by atoms with Gasteiger partial charge in [-0.1, -0.05) is 17.7 Å². The highest BCUT2D eigenvalue weighted by molar-refractivity contribution is 7.86. The van der Waals surface area contributed by atoms with Crippen molar-refractivity contribution in [3.8, 4) is 0 Å². The summed E-state index contributed by atoms with van der Waals surface area (Å²) in [6.07, 6.45) is 1.54. The van der Waals surface area contributed by atoms with E-state index in [1.54, 1.807) is 13.1 Å². The second-order valence-corrected chi connectivity index (χ2v) is 7.96. The molecule has 0 atom stereocenters. The summed E-state index contributed by atoms with van der Waals surface area (Å²) in [6, 6.07) is 4.29. The zero-order valence-electron chi connectivity index (χ0n) is 13.1. The SMILES string of the molecule is CN(Cc1c(F)cccc1Cl)S(=O)(=O)N(C)C1CCNCC1.Cl. The zero-order valence-corrected chi connectivity index (χ0v) is 15.5. The first-order chi connectivity index (χ1) is 10.3. The highest BCUT2D eigenvalue weighted by Gasteiger charge is 2.31. The van der Waals surface area contributed by atoms with Crippen molar-refractivity contribution < 1.29 is 12.8 Å². The van der Waals surface area contributed by atoms with Crippen LogP contribution in [0.1, 0.15) is 18.4 Å². The van der Waals surface area contributed by atoms with Gasteiger partial charge in [0.1, 0.15) is 5.82 Å². The van der Waals surface area contributed by atoms with E-state index in [0.29, 0.717) is 0 Å². The van der Waals surface area contributed by atoms with Crippen LogP contribution in [0.3, 0.4) is 0 Å². The van der Waals surface area contributed by atoms with E-state index in [2.05, 4.69) is 5.32 Å². The molecule has 23 heavy (non-hydrogen) atoms. The molecule has 1 saturated heterocycles. The van der Waals surface area contributed by atoms with Crippen LogP contribution in [0.5, 0.6) is 0 Å². The van der Waals surface area contributed by atoms with E-state index in [0.717, 1.165) is 30.2 Å². The van der Waals surface area contributed by atoms with Crippen molar-refractivity contribution >= 4 is 34.2 Å². The summed E-state index contributed by atoms with van der Waals surface area (Å²) in [4.78, 5) is 0. The standard InChI is InChI=1S/C14H21ClFN3O2S.ClH/c1-18(10-12-13(15)4-3-5-14(12)16)22(20,21)19(2)11-6-8-17-9-7-11;/h3-5,11,17H,6-10H2,1-2H3;1H. The monoisotopic (exact) mass is 385 g/mol. The molecule has 1 aliphatic rings. The number of benzene rings is 1. The van der Waals surface area contributed by atoms with Gasteiger partial charge in [0.05, 0.1) is 0 Å². The Bertz CT molecular complexity index is 604. The fourth-order valence-electron chi connectivity index (χ4n) is 2.57. The molecule has 0 saturated carbocycles. The number of rotatable bonds is 5. The molecule has 1 aliphatic heterocycles. The summed E-state index contributed by atoms with van der Waals surface area (Å²) in [5.74, 6) is -0.501. The van der Waals surface area contributed by atoms with E-state index in [4.69, 9.17) is 11.6 Å². The Balaban J connectivity index is 0.00000264. The predicted octanol–water partition coefficient (Wildman–Crippen LogP) is 2.26. The summed E-state index contributed by atoms with van der Waals surface area (Å²) in [5.41, 5.74) is 0.189. The topological polar surface area (TPSA) is 52.7 Å². The maximum atomic E-state index is 13.8. The summed E-state index contributed by atoms with van der Waals surface area (Å²) in [6.45, 7) is 1.50. The van der Waals surface area contributed by atoms with Gasteiger partial charge in [-0.2, -0.15) is 17.0 Å². The summed E-state index contributed by atoms with van der Waals surface area (Å²) in [5, 5.41) is 3.43. The van der Waals surface area contributed by atoms with Crippen molar-refractivity contribution in [2.75, 3.05) is 27.2 Å². The van der Waals surface area contributed by atoms with Crippen LogP contribution in [0.15, 0.2) is 18.2 Å². The Kier molecular flexibility index (Phi) is 7.70. The maximum Gasteiger partial charge on any atom is 0.282 e. The molecule has 9 heteroatoms. The average molecular weight is 386 g/mol. The molecule has 5 nitrogen and oxygen atoms in total. The molecule has 2 rings (SSSR count). The molecule has 1 aromatic rings. The number of hydrogen-bond donors (Lipinski definition) is 1. The van der Waals surface area contributed by atoms with Crippen molar-refractivity contribution in [3.63, 3.8) is 0 Å². The Hall–Kier alpha value is -0.440. The molecule has 0 aliphatic carbocycles. The Labute approximate surface area is 148 Å². The normalized spacial score (nSPS) is 16.6. The molecule has 132 valence electrons. The van der Waals surface area contributed by atoms with Crippen molar-refractivity contribution in [3.05, 3.63) is 34.6 Å². The second-order valence-electron chi connectivity index (χ2n) is 5.46. The minimum atomic E-state index is -3.66. The first-order valence-electron chi connectivity index (χ1n) is 7.17. The average Bonchev–Trinajstić information content (AvgIpc) is 2.51. The van der Waals surface area contributed by atoms with Gasteiger partial charge >= 0.3 is 0 Å². The van der Waals surface area contributed by atoms with Gasteiger partial charge in [0.15, 0.2) is 0 Å². The molecule has 1 N–H and O–H groups in total. The highest BCUT2D eigenvalue weighted by atomic mass is 35.5. The molecule has 0 bridgehead atoms. The molecule has 0 spiro atoms. The Morgan fingerprint density at radius 3 is 2.48 bits per heavy atom. The first-order valence-corrected chi connectivity index (χ1v) is 8.94. The molecule has 0 radical (unpaired) electrons. The molecule has 1 fully saturated rings. The minimum absolute atomic E-state index is 0. The number of hydrogen-bond acceptors (Lipinski definition) is 3. The van der Waals surface area contributed by atoms with Gasteiger partial charge < -0.3 is 5.32 Å². The van der Waals surface area contributed by atoms with Crippen LogP contribution in [-0.4, -0.2) is 50.3 Å². The van der Waals surface area contributed by atoms with Crippen LogP contribution in [0.4, 0.5) is 4.39 Å². The van der Waals surface area contributed by atoms with E-state index in [-0.39, 0.29) is 35.6 Å². The van der Waals surface area contributed by atoms with E-state index >= 15 is 0 Å². The van der Waals surface area contributed by atoms with Crippen LogP contribution in [-0.2, 0) is 16.8 Å². The zero-order chi connectivity index (χ0) is 16.3. The molecule has 1 heterocycles.